The number of hydrogen-bond donors (Lipinski definition) is 0. The van der Waals surface area contributed by atoms with E-state index in [1.54, 1.807) is 4.90 Å². The second-order valence-electron chi connectivity index (χ2n) is 5.20. The topological polar surface area (TPSA) is 47.5 Å². The molecule has 0 aliphatic carbocycles. The zero-order valence-corrected chi connectivity index (χ0v) is 11.3. The third-order valence-electron chi connectivity index (χ3n) is 3.71. The van der Waals surface area contributed by atoms with Gasteiger partial charge in [-0.2, -0.15) is 13.2 Å². The van der Waals surface area contributed by atoms with Crippen molar-refractivity contribution in [2.45, 2.75) is 25.3 Å². The first-order valence-electron chi connectivity index (χ1n) is 6.92. The SMILES string of the molecule is FC(F)(F)c1ccnc(N2CCCC(C3OCCO3)C2)n1. The Morgan fingerprint density at radius 3 is 2.71 bits per heavy atom. The molecule has 1 aromatic heterocycles. The van der Waals surface area contributed by atoms with Crippen LogP contribution in [-0.2, 0) is 15.7 Å². The van der Waals surface area contributed by atoms with Crippen molar-refractivity contribution < 1.29 is 22.6 Å². The Labute approximate surface area is 120 Å². The lowest BCUT2D eigenvalue weighted by Gasteiger charge is -2.34. The van der Waals surface area contributed by atoms with Gasteiger partial charge in [0.05, 0.1) is 13.2 Å². The molecule has 0 radical (unpaired) electrons. The largest absolute Gasteiger partial charge is 0.433 e. The predicted octanol–water partition coefficient (Wildman–Crippen LogP) is 2.08. The number of halogens is 3. The van der Waals surface area contributed by atoms with E-state index in [0.717, 1.165) is 25.1 Å². The molecule has 0 amide bonds. The fourth-order valence-corrected chi connectivity index (χ4v) is 2.72. The lowest BCUT2D eigenvalue weighted by atomic mass is 9.98. The van der Waals surface area contributed by atoms with E-state index in [4.69, 9.17) is 9.47 Å². The summed E-state index contributed by atoms with van der Waals surface area (Å²) >= 11 is 0. The number of rotatable bonds is 2. The van der Waals surface area contributed by atoms with E-state index in [-0.39, 0.29) is 18.2 Å². The van der Waals surface area contributed by atoms with Crippen LogP contribution in [0.1, 0.15) is 18.5 Å². The summed E-state index contributed by atoms with van der Waals surface area (Å²) in [5, 5.41) is 0. The Kier molecular flexibility index (Phi) is 3.99. The van der Waals surface area contributed by atoms with Gasteiger partial charge in [0, 0.05) is 25.2 Å². The summed E-state index contributed by atoms with van der Waals surface area (Å²) in [4.78, 5) is 9.38. The van der Waals surface area contributed by atoms with Gasteiger partial charge in [0.2, 0.25) is 5.95 Å². The van der Waals surface area contributed by atoms with Crippen molar-refractivity contribution in [3.63, 3.8) is 0 Å². The summed E-state index contributed by atoms with van der Waals surface area (Å²) in [6, 6.07) is 0.883. The number of nitrogens with zero attached hydrogens (tertiary/aromatic N) is 3. The Hall–Kier alpha value is -1.41. The summed E-state index contributed by atoms with van der Waals surface area (Å²) in [5.41, 5.74) is -0.914. The van der Waals surface area contributed by atoms with Crippen LogP contribution in [0.5, 0.6) is 0 Å². The summed E-state index contributed by atoms with van der Waals surface area (Å²) in [6.45, 7) is 2.33. The van der Waals surface area contributed by atoms with Gasteiger partial charge >= 0.3 is 6.18 Å². The maximum absolute atomic E-state index is 12.7. The van der Waals surface area contributed by atoms with Gasteiger partial charge in [0.25, 0.3) is 0 Å². The maximum atomic E-state index is 12.7. The number of alkyl halides is 3. The number of hydrogen-bond acceptors (Lipinski definition) is 5. The van der Waals surface area contributed by atoms with Crippen molar-refractivity contribution in [3.8, 4) is 0 Å². The molecule has 0 N–H and O–H groups in total. The number of ether oxygens (including phenoxy) is 2. The Balaban J connectivity index is 1.74. The van der Waals surface area contributed by atoms with E-state index >= 15 is 0 Å². The summed E-state index contributed by atoms with van der Waals surface area (Å²) in [6.07, 6.45) is -1.78. The van der Waals surface area contributed by atoms with E-state index in [1.807, 2.05) is 0 Å². The highest BCUT2D eigenvalue weighted by Gasteiger charge is 2.35. The van der Waals surface area contributed by atoms with Gasteiger partial charge in [0.15, 0.2) is 6.29 Å². The number of anilines is 1. The molecule has 2 fully saturated rings. The van der Waals surface area contributed by atoms with Crippen LogP contribution < -0.4 is 4.90 Å². The van der Waals surface area contributed by atoms with Crippen LogP contribution in [-0.4, -0.2) is 42.6 Å². The van der Waals surface area contributed by atoms with Crippen molar-refractivity contribution in [2.24, 2.45) is 5.92 Å². The van der Waals surface area contributed by atoms with Gasteiger partial charge in [-0.05, 0) is 18.9 Å². The van der Waals surface area contributed by atoms with Crippen LogP contribution >= 0.6 is 0 Å². The van der Waals surface area contributed by atoms with Crippen LogP contribution in [0.2, 0.25) is 0 Å². The quantitative estimate of drug-likeness (QED) is 0.837. The van der Waals surface area contributed by atoms with Crippen molar-refractivity contribution >= 4 is 5.95 Å². The first-order chi connectivity index (χ1) is 10.0. The van der Waals surface area contributed by atoms with Gasteiger partial charge in [0.1, 0.15) is 5.69 Å². The van der Waals surface area contributed by atoms with Crippen LogP contribution in [0.3, 0.4) is 0 Å². The third-order valence-corrected chi connectivity index (χ3v) is 3.71. The molecule has 3 rings (SSSR count). The standard InChI is InChI=1S/C13H16F3N3O2/c14-13(15,16)10-3-4-17-12(18-10)19-5-1-2-9(8-19)11-20-6-7-21-11/h3-4,9,11H,1-2,5-8H2. The minimum absolute atomic E-state index is 0.118. The zero-order valence-electron chi connectivity index (χ0n) is 11.3. The van der Waals surface area contributed by atoms with Crippen LogP contribution in [0, 0.1) is 5.92 Å². The predicted molar refractivity (Wildman–Crippen MR) is 67.7 cm³/mol. The molecule has 5 nitrogen and oxygen atoms in total. The Morgan fingerprint density at radius 1 is 1.24 bits per heavy atom. The first-order valence-corrected chi connectivity index (χ1v) is 6.92. The Bertz CT molecular complexity index is 492. The third kappa shape index (κ3) is 3.26. The normalized spacial score (nSPS) is 24.5. The smallest absolute Gasteiger partial charge is 0.350 e. The molecule has 2 saturated heterocycles. The van der Waals surface area contributed by atoms with E-state index in [1.165, 1.54) is 0 Å². The van der Waals surface area contributed by atoms with Crippen molar-refractivity contribution in [1.29, 1.82) is 0 Å². The summed E-state index contributed by atoms with van der Waals surface area (Å²) < 4.78 is 49.1. The summed E-state index contributed by atoms with van der Waals surface area (Å²) in [7, 11) is 0. The monoisotopic (exact) mass is 303 g/mol. The zero-order chi connectivity index (χ0) is 14.9. The molecule has 21 heavy (non-hydrogen) atoms. The van der Waals surface area contributed by atoms with Crippen LogP contribution in [0.25, 0.3) is 0 Å². The number of aromatic nitrogens is 2. The van der Waals surface area contributed by atoms with Gasteiger partial charge in [-0.3, -0.25) is 0 Å². The Morgan fingerprint density at radius 2 is 2.00 bits per heavy atom. The second kappa shape index (κ2) is 5.76. The lowest BCUT2D eigenvalue weighted by molar-refractivity contribution is -0.141. The minimum Gasteiger partial charge on any atom is -0.350 e. The van der Waals surface area contributed by atoms with Gasteiger partial charge in [-0.1, -0.05) is 0 Å². The highest BCUT2D eigenvalue weighted by Crippen LogP contribution is 2.30. The number of piperidine rings is 1. The van der Waals surface area contributed by atoms with E-state index < -0.39 is 11.9 Å². The molecular formula is C13H16F3N3O2. The molecule has 0 saturated carbocycles. The lowest BCUT2D eigenvalue weighted by Crippen LogP contribution is -2.41. The molecule has 0 aromatic carbocycles. The van der Waals surface area contributed by atoms with Crippen molar-refractivity contribution in [2.75, 3.05) is 31.2 Å². The molecular weight excluding hydrogens is 287 g/mol. The molecule has 3 heterocycles. The van der Waals surface area contributed by atoms with Crippen LogP contribution in [0.4, 0.5) is 19.1 Å². The molecule has 2 aliphatic heterocycles. The van der Waals surface area contributed by atoms with Gasteiger partial charge in [-0.15, -0.1) is 0 Å². The van der Waals surface area contributed by atoms with Gasteiger partial charge < -0.3 is 14.4 Å². The molecule has 1 aromatic rings. The highest BCUT2D eigenvalue weighted by atomic mass is 19.4. The average molecular weight is 303 g/mol. The molecule has 8 heteroatoms. The highest BCUT2D eigenvalue weighted by molar-refractivity contribution is 5.31. The summed E-state index contributed by atoms with van der Waals surface area (Å²) in [5.74, 6) is 0.256. The molecule has 116 valence electrons. The van der Waals surface area contributed by atoms with E-state index in [2.05, 4.69) is 9.97 Å². The first kappa shape index (κ1) is 14.5. The van der Waals surface area contributed by atoms with E-state index in [0.29, 0.717) is 26.3 Å². The maximum Gasteiger partial charge on any atom is 0.433 e. The second-order valence-corrected chi connectivity index (χ2v) is 5.20. The average Bonchev–Trinajstić information content (AvgIpc) is 3.01. The molecule has 1 unspecified atom stereocenters. The fourth-order valence-electron chi connectivity index (χ4n) is 2.72. The molecule has 2 aliphatic rings. The van der Waals surface area contributed by atoms with E-state index in [9.17, 15) is 13.2 Å². The van der Waals surface area contributed by atoms with Crippen LogP contribution in [0.15, 0.2) is 12.3 Å². The van der Waals surface area contributed by atoms with Crippen molar-refractivity contribution in [1.82, 2.24) is 9.97 Å². The molecule has 0 bridgehead atoms. The molecule has 0 spiro atoms. The minimum atomic E-state index is -4.45. The fraction of sp³-hybridized carbons (Fsp3) is 0.692. The molecule has 1 atom stereocenters. The van der Waals surface area contributed by atoms with Gasteiger partial charge in [-0.25, -0.2) is 9.97 Å². The van der Waals surface area contributed by atoms with Crippen molar-refractivity contribution in [3.05, 3.63) is 18.0 Å².